The van der Waals surface area contributed by atoms with Crippen LogP contribution in [0.25, 0.3) is 11.3 Å². The second-order valence-electron chi connectivity index (χ2n) is 6.01. The first kappa shape index (κ1) is 16.7. The molecule has 0 saturated heterocycles. The molecule has 5 heteroatoms. The molecule has 0 fully saturated rings. The normalized spacial score (nSPS) is 11.3. The fourth-order valence-corrected chi connectivity index (χ4v) is 2.55. The van der Waals surface area contributed by atoms with Gasteiger partial charge in [0.05, 0.1) is 11.4 Å². The first-order chi connectivity index (χ1) is 10.3. The van der Waals surface area contributed by atoms with Gasteiger partial charge in [-0.2, -0.15) is 0 Å². The van der Waals surface area contributed by atoms with Crippen LogP contribution in [0.4, 0.5) is 10.3 Å². The monoisotopic (exact) mass is 319 g/mol. The molecule has 0 aliphatic rings. The Morgan fingerprint density at radius 2 is 1.59 bits per heavy atom. The second-order valence-corrected chi connectivity index (χ2v) is 6.61. The Morgan fingerprint density at radius 3 is 2.05 bits per heavy atom. The van der Waals surface area contributed by atoms with Crippen molar-refractivity contribution in [3.63, 3.8) is 0 Å². The molecule has 1 heterocycles. The molecule has 0 aliphatic carbocycles. The molecule has 22 heavy (non-hydrogen) atoms. The molecule has 0 N–H and O–H groups in total. The Labute approximate surface area is 137 Å². The molecule has 1 aromatic carbocycles. The van der Waals surface area contributed by atoms with Gasteiger partial charge in [0.1, 0.15) is 5.82 Å². The van der Waals surface area contributed by atoms with Gasteiger partial charge in [-0.1, -0.05) is 40.5 Å². The molecule has 2 aromatic rings. The third-order valence-corrected chi connectivity index (χ3v) is 3.67. The quantitative estimate of drug-likeness (QED) is 0.820. The van der Waals surface area contributed by atoms with Crippen molar-refractivity contribution >= 4 is 18.8 Å². The van der Waals surface area contributed by atoms with E-state index >= 15 is 0 Å². The summed E-state index contributed by atoms with van der Waals surface area (Å²) in [7, 11) is 1.80. The summed E-state index contributed by atoms with van der Waals surface area (Å²) in [6.45, 7) is 8.49. The van der Waals surface area contributed by atoms with E-state index in [1.165, 1.54) is 12.1 Å². The smallest absolute Gasteiger partial charge is 0.235 e. The van der Waals surface area contributed by atoms with E-state index in [1.54, 1.807) is 23.5 Å². The van der Waals surface area contributed by atoms with Crippen molar-refractivity contribution in [3.8, 4) is 11.3 Å². The van der Waals surface area contributed by atoms with E-state index in [4.69, 9.17) is 0 Å². The molecule has 0 aliphatic heterocycles. The van der Waals surface area contributed by atoms with Crippen molar-refractivity contribution < 1.29 is 4.39 Å². The molecule has 1 aromatic heterocycles. The van der Waals surface area contributed by atoms with E-state index in [0.29, 0.717) is 5.95 Å². The van der Waals surface area contributed by atoms with Crippen molar-refractivity contribution in [2.75, 3.05) is 11.4 Å². The second kappa shape index (κ2) is 6.65. The minimum absolute atomic E-state index is 0.250. The molecule has 2 rings (SSSR count). The minimum atomic E-state index is -0.250. The number of benzene rings is 1. The summed E-state index contributed by atoms with van der Waals surface area (Å²) in [5.74, 6) is 0.846. The molecule has 0 atom stereocenters. The summed E-state index contributed by atoms with van der Waals surface area (Å²) < 4.78 is 14.8. The SMILES string of the molecule is CC(C)c1nc(N(C)S)nc(-c2ccc(F)cc2)c1C(C)C. The van der Waals surface area contributed by atoms with Gasteiger partial charge >= 0.3 is 0 Å². The molecular formula is C17H22FN3S. The lowest BCUT2D eigenvalue weighted by molar-refractivity contribution is 0.628. The molecule has 0 amide bonds. The standard InChI is InChI=1S/C17H22FN3S/c1-10(2)14-15(11(3)4)19-17(21(5)22)20-16(14)12-6-8-13(18)9-7-12/h6-11,22H,1-5H3. The van der Waals surface area contributed by atoms with Crippen LogP contribution < -0.4 is 4.31 Å². The lowest BCUT2D eigenvalue weighted by atomic mass is 9.91. The van der Waals surface area contributed by atoms with Crippen LogP contribution in [0.1, 0.15) is 50.8 Å². The van der Waals surface area contributed by atoms with Gasteiger partial charge in [-0.15, -0.1) is 0 Å². The summed E-state index contributed by atoms with van der Waals surface area (Å²) in [4.78, 5) is 9.31. The van der Waals surface area contributed by atoms with Crippen molar-refractivity contribution in [1.29, 1.82) is 0 Å². The average Bonchev–Trinajstić information content (AvgIpc) is 2.46. The van der Waals surface area contributed by atoms with Crippen LogP contribution in [0, 0.1) is 5.82 Å². The van der Waals surface area contributed by atoms with Crippen LogP contribution >= 0.6 is 12.8 Å². The highest BCUT2D eigenvalue weighted by atomic mass is 32.1. The Bertz CT molecular complexity index is 652. The van der Waals surface area contributed by atoms with Gasteiger partial charge in [-0.25, -0.2) is 14.4 Å². The van der Waals surface area contributed by atoms with Crippen LogP contribution in [0.15, 0.2) is 24.3 Å². The maximum Gasteiger partial charge on any atom is 0.235 e. The number of hydrogen-bond acceptors (Lipinski definition) is 4. The maximum atomic E-state index is 13.2. The van der Waals surface area contributed by atoms with Gasteiger partial charge in [0.25, 0.3) is 0 Å². The Balaban J connectivity index is 2.75. The molecule has 0 spiro atoms. The molecule has 0 radical (unpaired) electrons. The van der Waals surface area contributed by atoms with Gasteiger partial charge in [0.2, 0.25) is 5.95 Å². The summed E-state index contributed by atoms with van der Waals surface area (Å²) in [5, 5.41) is 0. The maximum absolute atomic E-state index is 13.2. The number of nitrogens with zero attached hydrogens (tertiary/aromatic N) is 3. The van der Waals surface area contributed by atoms with Gasteiger partial charge in [-0.3, -0.25) is 4.31 Å². The van der Waals surface area contributed by atoms with Gasteiger partial charge in [0.15, 0.2) is 0 Å². The van der Waals surface area contributed by atoms with Crippen molar-refractivity contribution in [3.05, 3.63) is 41.3 Å². The largest absolute Gasteiger partial charge is 0.290 e. The third kappa shape index (κ3) is 3.40. The predicted molar refractivity (Wildman–Crippen MR) is 93.0 cm³/mol. The van der Waals surface area contributed by atoms with Crippen molar-refractivity contribution in [1.82, 2.24) is 9.97 Å². The van der Waals surface area contributed by atoms with Crippen LogP contribution in [-0.2, 0) is 0 Å². The van der Waals surface area contributed by atoms with E-state index in [2.05, 4.69) is 50.5 Å². The van der Waals surface area contributed by atoms with Crippen molar-refractivity contribution in [2.24, 2.45) is 0 Å². The zero-order valence-electron chi connectivity index (χ0n) is 13.6. The fraction of sp³-hybridized carbons (Fsp3) is 0.412. The van der Waals surface area contributed by atoms with Crippen LogP contribution in [0.2, 0.25) is 0 Å². The van der Waals surface area contributed by atoms with Crippen LogP contribution in [0.5, 0.6) is 0 Å². The first-order valence-electron chi connectivity index (χ1n) is 7.41. The molecule has 0 unspecified atom stereocenters. The average molecular weight is 319 g/mol. The molecule has 0 bridgehead atoms. The highest BCUT2D eigenvalue weighted by Gasteiger charge is 2.21. The summed E-state index contributed by atoms with van der Waals surface area (Å²) >= 11 is 4.31. The zero-order valence-corrected chi connectivity index (χ0v) is 14.5. The highest BCUT2D eigenvalue weighted by molar-refractivity contribution is 7.81. The number of hydrogen-bond donors (Lipinski definition) is 1. The Morgan fingerprint density at radius 1 is 1.00 bits per heavy atom. The zero-order chi connectivity index (χ0) is 16.4. The number of halogens is 1. The van der Waals surface area contributed by atoms with E-state index in [-0.39, 0.29) is 17.7 Å². The van der Waals surface area contributed by atoms with E-state index < -0.39 is 0 Å². The van der Waals surface area contributed by atoms with E-state index in [0.717, 1.165) is 22.5 Å². The van der Waals surface area contributed by atoms with E-state index in [1.807, 2.05) is 0 Å². The van der Waals surface area contributed by atoms with Gasteiger partial charge in [0, 0.05) is 18.2 Å². The summed E-state index contributed by atoms with van der Waals surface area (Å²) in [6.07, 6.45) is 0. The fourth-order valence-electron chi connectivity index (χ4n) is 2.46. The topological polar surface area (TPSA) is 29.0 Å². The lowest BCUT2D eigenvalue weighted by Gasteiger charge is -2.21. The van der Waals surface area contributed by atoms with Crippen LogP contribution in [-0.4, -0.2) is 17.0 Å². The van der Waals surface area contributed by atoms with Crippen molar-refractivity contribution in [2.45, 2.75) is 39.5 Å². The molecule has 118 valence electrons. The third-order valence-electron chi connectivity index (χ3n) is 3.49. The Kier molecular flexibility index (Phi) is 5.06. The summed E-state index contributed by atoms with van der Waals surface area (Å²) in [5.41, 5.74) is 3.87. The molecule has 3 nitrogen and oxygen atoms in total. The number of aromatic nitrogens is 2. The molecule has 0 saturated carbocycles. The minimum Gasteiger partial charge on any atom is -0.290 e. The molecular weight excluding hydrogens is 297 g/mol. The van der Waals surface area contributed by atoms with Gasteiger partial charge < -0.3 is 0 Å². The number of rotatable bonds is 4. The van der Waals surface area contributed by atoms with Gasteiger partial charge in [-0.05, 0) is 36.1 Å². The van der Waals surface area contributed by atoms with E-state index in [9.17, 15) is 4.39 Å². The predicted octanol–water partition coefficient (Wildman–Crippen LogP) is 4.81. The number of thiol groups is 1. The number of anilines is 1. The lowest BCUT2D eigenvalue weighted by Crippen LogP contribution is -2.13. The Hall–Kier alpha value is -1.62. The first-order valence-corrected chi connectivity index (χ1v) is 7.81. The van der Waals surface area contributed by atoms with Crippen LogP contribution in [0.3, 0.4) is 0 Å². The summed E-state index contributed by atoms with van der Waals surface area (Å²) in [6, 6.07) is 6.44. The highest BCUT2D eigenvalue weighted by Crippen LogP contribution is 2.34.